The molecule has 0 bridgehead atoms. The fraction of sp³-hybridized carbons (Fsp3) is 0.0833. The zero-order valence-electron chi connectivity index (χ0n) is 16.4. The summed E-state index contributed by atoms with van der Waals surface area (Å²) in [4.78, 5) is 21.7. The van der Waals surface area contributed by atoms with Crippen LogP contribution in [0.3, 0.4) is 0 Å². The van der Waals surface area contributed by atoms with Crippen LogP contribution in [0.1, 0.15) is 16.8 Å². The second kappa shape index (κ2) is 9.09. The SMILES string of the molecule is Cl.O=c1c2c(C#Cc3ccncc3)csc2cnn1CCc1ccc2ccccc2n1. The highest BCUT2D eigenvalue weighted by Crippen LogP contribution is 2.21. The van der Waals surface area contributed by atoms with E-state index in [0.717, 1.165) is 32.4 Å². The first-order chi connectivity index (χ1) is 14.8. The quantitative estimate of drug-likeness (QED) is 0.385. The molecule has 0 amide bonds. The summed E-state index contributed by atoms with van der Waals surface area (Å²) < 4.78 is 2.35. The Balaban J connectivity index is 0.00000231. The molecular formula is C24H17ClN4OS. The number of rotatable bonds is 3. The van der Waals surface area contributed by atoms with Gasteiger partial charge in [-0.25, -0.2) is 4.68 Å². The van der Waals surface area contributed by atoms with Crippen LogP contribution in [-0.2, 0) is 13.0 Å². The molecule has 0 aliphatic rings. The Morgan fingerprint density at radius 1 is 1.00 bits per heavy atom. The van der Waals surface area contributed by atoms with Crippen molar-refractivity contribution in [2.45, 2.75) is 13.0 Å². The summed E-state index contributed by atoms with van der Waals surface area (Å²) in [5, 5.41) is 7.99. The number of nitrogens with zero attached hydrogens (tertiary/aromatic N) is 4. The lowest BCUT2D eigenvalue weighted by Crippen LogP contribution is -2.23. The predicted molar refractivity (Wildman–Crippen MR) is 127 cm³/mol. The van der Waals surface area contributed by atoms with Crippen LogP contribution in [0.5, 0.6) is 0 Å². The van der Waals surface area contributed by atoms with Gasteiger partial charge < -0.3 is 0 Å². The molecular weight excluding hydrogens is 428 g/mol. The largest absolute Gasteiger partial charge is 0.276 e. The van der Waals surface area contributed by atoms with E-state index in [1.54, 1.807) is 18.6 Å². The number of halogens is 1. The second-order valence-electron chi connectivity index (χ2n) is 6.79. The monoisotopic (exact) mass is 444 g/mol. The molecule has 1 aromatic carbocycles. The summed E-state index contributed by atoms with van der Waals surface area (Å²) in [6.45, 7) is 0.465. The maximum atomic E-state index is 13.1. The number of fused-ring (bicyclic) bond motifs is 2. The highest BCUT2D eigenvalue weighted by atomic mass is 35.5. The van der Waals surface area contributed by atoms with E-state index in [0.29, 0.717) is 18.4 Å². The van der Waals surface area contributed by atoms with Crippen molar-refractivity contribution in [1.82, 2.24) is 19.7 Å². The van der Waals surface area contributed by atoms with Crippen molar-refractivity contribution in [3.63, 3.8) is 0 Å². The van der Waals surface area contributed by atoms with Gasteiger partial charge in [0.05, 0.1) is 28.3 Å². The van der Waals surface area contributed by atoms with E-state index in [1.165, 1.54) is 16.0 Å². The topological polar surface area (TPSA) is 60.7 Å². The van der Waals surface area contributed by atoms with Gasteiger partial charge in [-0.3, -0.25) is 14.8 Å². The Morgan fingerprint density at radius 3 is 2.71 bits per heavy atom. The van der Waals surface area contributed by atoms with Gasteiger partial charge in [-0.1, -0.05) is 36.1 Å². The van der Waals surface area contributed by atoms with E-state index < -0.39 is 0 Å². The maximum Gasteiger partial charge on any atom is 0.276 e. The third-order valence-corrected chi connectivity index (χ3v) is 5.76. The average molecular weight is 445 g/mol. The molecule has 31 heavy (non-hydrogen) atoms. The molecule has 0 spiro atoms. The fourth-order valence-corrected chi connectivity index (χ4v) is 4.13. The smallest absolute Gasteiger partial charge is 0.267 e. The molecule has 0 aliphatic heterocycles. The van der Waals surface area contributed by atoms with Gasteiger partial charge >= 0.3 is 0 Å². The Morgan fingerprint density at radius 2 is 1.84 bits per heavy atom. The van der Waals surface area contributed by atoms with Crippen molar-refractivity contribution in [2.75, 3.05) is 0 Å². The number of benzene rings is 1. The van der Waals surface area contributed by atoms with Gasteiger partial charge in [0, 0.05) is 46.4 Å². The normalized spacial score (nSPS) is 10.5. The molecule has 7 heteroatoms. The first kappa shape index (κ1) is 20.7. The third-order valence-electron chi connectivity index (χ3n) is 4.84. The van der Waals surface area contributed by atoms with E-state index in [1.807, 2.05) is 47.8 Å². The van der Waals surface area contributed by atoms with Crippen molar-refractivity contribution < 1.29 is 0 Å². The lowest BCUT2D eigenvalue weighted by atomic mass is 10.2. The molecule has 4 heterocycles. The van der Waals surface area contributed by atoms with E-state index in [4.69, 9.17) is 0 Å². The number of aromatic nitrogens is 4. The van der Waals surface area contributed by atoms with Gasteiger partial charge in [0.25, 0.3) is 5.56 Å². The minimum Gasteiger partial charge on any atom is -0.267 e. The van der Waals surface area contributed by atoms with E-state index in [9.17, 15) is 4.79 Å². The number of thiophene rings is 1. The van der Waals surface area contributed by atoms with Crippen LogP contribution in [0.4, 0.5) is 0 Å². The standard InChI is InChI=1S/C24H16N4OS.ClH/c29-24-23-19(6-5-17-9-12-25-13-10-17)16-30-22(23)15-26-28(24)14-11-20-8-7-18-3-1-2-4-21(18)27-20;/h1-4,7-10,12-13,15-16H,11,14H2;1H. The lowest BCUT2D eigenvalue weighted by molar-refractivity contribution is 0.580. The minimum atomic E-state index is -0.117. The minimum absolute atomic E-state index is 0. The molecule has 0 atom stereocenters. The fourth-order valence-electron chi connectivity index (χ4n) is 3.29. The first-order valence-electron chi connectivity index (χ1n) is 9.52. The zero-order valence-corrected chi connectivity index (χ0v) is 18.0. The highest BCUT2D eigenvalue weighted by Gasteiger charge is 2.10. The molecule has 5 rings (SSSR count). The summed E-state index contributed by atoms with van der Waals surface area (Å²) >= 11 is 1.48. The number of para-hydroxylation sites is 1. The summed E-state index contributed by atoms with van der Waals surface area (Å²) in [7, 11) is 0. The Kier molecular flexibility index (Phi) is 6.08. The van der Waals surface area contributed by atoms with Gasteiger partial charge in [-0.15, -0.1) is 23.7 Å². The molecule has 0 unspecified atom stereocenters. The molecule has 5 nitrogen and oxygen atoms in total. The molecule has 152 valence electrons. The average Bonchev–Trinajstić information content (AvgIpc) is 3.22. The molecule has 0 N–H and O–H groups in total. The second-order valence-corrected chi connectivity index (χ2v) is 7.70. The molecule has 0 saturated heterocycles. The van der Waals surface area contributed by atoms with Crippen molar-refractivity contribution in [3.8, 4) is 11.8 Å². The summed E-state index contributed by atoms with van der Waals surface area (Å²) in [6, 6.07) is 15.8. The van der Waals surface area contributed by atoms with Crippen LogP contribution in [0.15, 0.2) is 77.3 Å². The van der Waals surface area contributed by atoms with Crippen LogP contribution >= 0.6 is 23.7 Å². The number of aryl methyl sites for hydroxylation is 2. The number of pyridine rings is 2. The third kappa shape index (κ3) is 4.33. The van der Waals surface area contributed by atoms with Crippen LogP contribution in [0.25, 0.3) is 21.0 Å². The summed E-state index contributed by atoms with van der Waals surface area (Å²) in [6.07, 6.45) is 5.78. The molecule has 5 aromatic rings. The Bertz CT molecular complexity index is 1480. The maximum absolute atomic E-state index is 13.1. The van der Waals surface area contributed by atoms with Crippen LogP contribution in [0.2, 0.25) is 0 Å². The van der Waals surface area contributed by atoms with Crippen molar-refractivity contribution in [3.05, 3.63) is 99.7 Å². The molecule has 0 aliphatic carbocycles. The van der Waals surface area contributed by atoms with Crippen molar-refractivity contribution >= 4 is 44.7 Å². The van der Waals surface area contributed by atoms with Gasteiger partial charge in [-0.05, 0) is 24.3 Å². The molecule has 0 fully saturated rings. The number of hydrogen-bond donors (Lipinski definition) is 0. The van der Waals surface area contributed by atoms with Gasteiger partial charge in [0.2, 0.25) is 0 Å². The first-order valence-corrected chi connectivity index (χ1v) is 10.4. The van der Waals surface area contributed by atoms with Gasteiger partial charge in [-0.2, -0.15) is 5.10 Å². The summed E-state index contributed by atoms with van der Waals surface area (Å²) in [5.41, 5.74) is 3.37. The zero-order chi connectivity index (χ0) is 20.3. The molecule has 4 aromatic heterocycles. The van der Waals surface area contributed by atoms with Crippen LogP contribution < -0.4 is 5.56 Å². The Hall–Kier alpha value is -3.53. The lowest BCUT2D eigenvalue weighted by Gasteiger charge is -2.06. The van der Waals surface area contributed by atoms with Crippen LogP contribution in [-0.4, -0.2) is 19.7 Å². The van der Waals surface area contributed by atoms with Crippen LogP contribution in [0, 0.1) is 11.8 Å². The molecule has 0 radical (unpaired) electrons. The highest BCUT2D eigenvalue weighted by molar-refractivity contribution is 7.17. The Labute approximate surface area is 188 Å². The number of hydrogen-bond acceptors (Lipinski definition) is 5. The van der Waals surface area contributed by atoms with E-state index >= 15 is 0 Å². The summed E-state index contributed by atoms with van der Waals surface area (Å²) in [5.74, 6) is 6.22. The predicted octanol–water partition coefficient (Wildman–Crippen LogP) is 4.47. The molecule has 0 saturated carbocycles. The van der Waals surface area contributed by atoms with E-state index in [2.05, 4.69) is 33.0 Å². The van der Waals surface area contributed by atoms with E-state index in [-0.39, 0.29) is 18.0 Å². The van der Waals surface area contributed by atoms with Crippen molar-refractivity contribution in [2.24, 2.45) is 0 Å². The van der Waals surface area contributed by atoms with Gasteiger partial charge in [0.1, 0.15) is 0 Å². The van der Waals surface area contributed by atoms with Gasteiger partial charge in [0.15, 0.2) is 0 Å². The van der Waals surface area contributed by atoms with Crippen molar-refractivity contribution in [1.29, 1.82) is 0 Å².